The zero-order chi connectivity index (χ0) is 26.1. The molecule has 0 saturated carbocycles. The summed E-state index contributed by atoms with van der Waals surface area (Å²) in [4.78, 5) is 1.68. The molecular weight excluding hydrogens is 546 g/mol. The van der Waals surface area contributed by atoms with Crippen molar-refractivity contribution < 1.29 is 51.5 Å². The van der Waals surface area contributed by atoms with Crippen molar-refractivity contribution in [3.8, 4) is 11.5 Å². The molecule has 0 fully saturated rings. The predicted molar refractivity (Wildman–Crippen MR) is 113 cm³/mol. The molecule has 3 aromatic rings. The zero-order valence-electron chi connectivity index (χ0n) is 16.9. The van der Waals surface area contributed by atoms with E-state index in [0.717, 1.165) is 24.3 Å². The van der Waals surface area contributed by atoms with Crippen LogP contribution in [0, 0.1) is 0 Å². The second-order valence-corrected chi connectivity index (χ2v) is 11.6. The van der Waals surface area contributed by atoms with Gasteiger partial charge in [0, 0.05) is 0 Å². The molecule has 6 nitrogen and oxygen atoms in total. The Morgan fingerprint density at radius 2 is 0.829 bits per heavy atom. The van der Waals surface area contributed by atoms with Gasteiger partial charge in [0.1, 0.15) is 11.5 Å². The third kappa shape index (κ3) is 6.21. The van der Waals surface area contributed by atoms with Crippen LogP contribution < -0.4 is 8.37 Å². The zero-order valence-corrected chi connectivity index (χ0v) is 19.4. The number of alkyl halides is 6. The molecule has 15 heteroatoms. The number of benzene rings is 3. The molecule has 3 aromatic carbocycles. The van der Waals surface area contributed by atoms with Gasteiger partial charge in [-0.25, -0.2) is 0 Å². The predicted octanol–water partition coefficient (Wildman–Crippen LogP) is 5.24. The number of rotatable bonds is 7. The number of hydrogen-bond acceptors (Lipinski definition) is 6. The Bertz CT molecular complexity index is 1280. The van der Waals surface area contributed by atoms with Gasteiger partial charge in [-0.1, -0.05) is 18.2 Å². The topological polar surface area (TPSA) is 86.7 Å². The Morgan fingerprint density at radius 3 is 1.14 bits per heavy atom. The van der Waals surface area contributed by atoms with E-state index in [-0.39, 0.29) is 0 Å². The minimum absolute atomic E-state index is 0.490. The first-order valence-electron chi connectivity index (χ1n) is 9.12. The highest BCUT2D eigenvalue weighted by Crippen LogP contribution is 2.35. The highest BCUT2D eigenvalue weighted by molar-refractivity contribution is 7.97. The van der Waals surface area contributed by atoms with E-state index in [2.05, 4.69) is 8.37 Å². The Labute approximate surface area is 198 Å². The summed E-state index contributed by atoms with van der Waals surface area (Å²) < 4.78 is 128. The van der Waals surface area contributed by atoms with Crippen LogP contribution >= 0.6 is 0 Å². The van der Waals surface area contributed by atoms with Crippen molar-refractivity contribution in [1.82, 2.24) is 0 Å². The van der Waals surface area contributed by atoms with Gasteiger partial charge in [-0.15, -0.1) is 0 Å². The SMILES string of the molecule is O=S(=O)(Oc1ccc([S+](c2ccccc2)c2ccc(OS(=O)(=O)C(F)(F)F)cc2)cc1)C(F)(F)F. The molecule has 0 aliphatic rings. The summed E-state index contributed by atoms with van der Waals surface area (Å²) in [6, 6.07) is 18.0. The number of halogens is 6. The van der Waals surface area contributed by atoms with E-state index in [1.165, 1.54) is 24.3 Å². The Kier molecular flexibility index (Phi) is 7.34. The first-order chi connectivity index (χ1) is 16.1. The average Bonchev–Trinajstić information content (AvgIpc) is 2.75. The van der Waals surface area contributed by atoms with Crippen molar-refractivity contribution in [2.24, 2.45) is 0 Å². The summed E-state index contributed by atoms with van der Waals surface area (Å²) in [5, 5.41) is 0. The van der Waals surface area contributed by atoms with Crippen LogP contribution in [0.25, 0.3) is 0 Å². The van der Waals surface area contributed by atoms with Gasteiger partial charge in [-0.05, 0) is 60.7 Å². The molecule has 3 rings (SSSR count). The lowest BCUT2D eigenvalue weighted by Crippen LogP contribution is -2.28. The summed E-state index contributed by atoms with van der Waals surface area (Å²) in [6.45, 7) is 0. The van der Waals surface area contributed by atoms with Gasteiger partial charge in [0.25, 0.3) is 0 Å². The summed E-state index contributed by atoms with van der Waals surface area (Å²) in [5.41, 5.74) is -11.2. The smallest absolute Gasteiger partial charge is 0.376 e. The summed E-state index contributed by atoms with van der Waals surface area (Å²) in [6.07, 6.45) is 0. The maximum Gasteiger partial charge on any atom is 0.534 e. The largest absolute Gasteiger partial charge is 0.534 e. The maximum atomic E-state index is 12.5. The number of hydrogen-bond donors (Lipinski definition) is 0. The van der Waals surface area contributed by atoms with Crippen LogP contribution in [0.1, 0.15) is 0 Å². The lowest BCUT2D eigenvalue weighted by Gasteiger charge is -2.12. The molecular formula is C20H13F6O6S3+. The fourth-order valence-electron chi connectivity index (χ4n) is 2.58. The lowest BCUT2D eigenvalue weighted by atomic mass is 10.3. The van der Waals surface area contributed by atoms with E-state index >= 15 is 0 Å². The van der Waals surface area contributed by atoms with Gasteiger partial charge in [0.05, 0.1) is 10.9 Å². The van der Waals surface area contributed by atoms with Crippen molar-refractivity contribution in [2.75, 3.05) is 0 Å². The normalized spacial score (nSPS) is 13.0. The van der Waals surface area contributed by atoms with Crippen molar-refractivity contribution in [1.29, 1.82) is 0 Å². The Hall–Kier alpha value is -2.91. The quantitative estimate of drug-likeness (QED) is 0.170. The average molecular weight is 560 g/mol. The fraction of sp³-hybridized carbons (Fsp3) is 0.100. The Balaban J connectivity index is 1.94. The van der Waals surface area contributed by atoms with Crippen molar-refractivity contribution in [2.45, 2.75) is 25.7 Å². The highest BCUT2D eigenvalue weighted by atomic mass is 32.2. The summed E-state index contributed by atoms with van der Waals surface area (Å²) >= 11 is 0. The second kappa shape index (κ2) is 9.62. The standard InChI is InChI=1S/C20H13F6O6S3/c21-19(22,23)34(27,28)31-14-6-10-17(11-7-14)33(16-4-2-1-3-5-16)18-12-8-15(9-13-18)32-35(29,30)20(24,25)26/h1-13H/q+1. The molecule has 0 aromatic heterocycles. The molecule has 0 aliphatic carbocycles. The van der Waals surface area contributed by atoms with Gasteiger partial charge in [0.15, 0.2) is 14.7 Å². The molecule has 0 amide bonds. The van der Waals surface area contributed by atoms with Crippen LogP contribution in [0.4, 0.5) is 26.3 Å². The van der Waals surface area contributed by atoms with Crippen molar-refractivity contribution >= 4 is 31.1 Å². The second-order valence-electron chi connectivity index (χ2n) is 6.53. The fourth-order valence-corrected chi connectivity index (χ4v) is 5.56. The van der Waals surface area contributed by atoms with Crippen LogP contribution in [0.3, 0.4) is 0 Å². The third-order valence-electron chi connectivity index (χ3n) is 4.08. The maximum absolute atomic E-state index is 12.5. The molecule has 0 spiro atoms. The van der Waals surface area contributed by atoms with Crippen molar-refractivity contribution in [3.63, 3.8) is 0 Å². The molecule has 35 heavy (non-hydrogen) atoms. The van der Waals surface area contributed by atoms with E-state index in [1.54, 1.807) is 30.3 Å². The van der Waals surface area contributed by atoms with E-state index < -0.39 is 53.6 Å². The minimum Gasteiger partial charge on any atom is -0.376 e. The molecule has 0 N–H and O–H groups in total. The van der Waals surface area contributed by atoms with E-state index in [4.69, 9.17) is 0 Å². The van der Waals surface area contributed by atoms with Crippen LogP contribution in [0.5, 0.6) is 11.5 Å². The van der Waals surface area contributed by atoms with Crippen LogP contribution in [0.15, 0.2) is 93.5 Å². The summed E-state index contributed by atoms with van der Waals surface area (Å²) in [5.74, 6) is -1.16. The molecule has 0 saturated heterocycles. The molecule has 188 valence electrons. The third-order valence-corrected chi connectivity index (χ3v) is 8.26. The van der Waals surface area contributed by atoms with E-state index in [9.17, 15) is 43.2 Å². The molecule has 0 aliphatic heterocycles. The minimum atomic E-state index is -5.86. The van der Waals surface area contributed by atoms with Crippen LogP contribution in [-0.2, 0) is 31.1 Å². The molecule has 0 heterocycles. The van der Waals surface area contributed by atoms with Gasteiger partial charge in [-0.2, -0.15) is 43.2 Å². The van der Waals surface area contributed by atoms with E-state index in [1.807, 2.05) is 0 Å². The van der Waals surface area contributed by atoms with Gasteiger partial charge < -0.3 is 8.37 Å². The first-order valence-corrected chi connectivity index (χ1v) is 13.2. The van der Waals surface area contributed by atoms with Gasteiger partial charge in [-0.3, -0.25) is 0 Å². The van der Waals surface area contributed by atoms with E-state index in [0.29, 0.717) is 14.7 Å². The molecule has 0 radical (unpaired) electrons. The van der Waals surface area contributed by atoms with Crippen LogP contribution in [0.2, 0.25) is 0 Å². The summed E-state index contributed by atoms with van der Waals surface area (Å²) in [7, 11) is -12.7. The highest BCUT2D eigenvalue weighted by Gasteiger charge is 2.49. The molecule has 0 atom stereocenters. The lowest BCUT2D eigenvalue weighted by molar-refractivity contribution is -0.0504. The monoisotopic (exact) mass is 559 g/mol. The molecule has 0 unspecified atom stereocenters. The molecule has 0 bridgehead atoms. The Morgan fingerprint density at radius 1 is 0.514 bits per heavy atom. The van der Waals surface area contributed by atoms with Gasteiger partial charge in [0.2, 0.25) is 0 Å². The van der Waals surface area contributed by atoms with Crippen molar-refractivity contribution in [3.05, 3.63) is 78.9 Å². The van der Waals surface area contributed by atoms with Crippen LogP contribution in [-0.4, -0.2) is 27.9 Å². The first kappa shape index (κ1) is 26.7. The van der Waals surface area contributed by atoms with Gasteiger partial charge >= 0.3 is 31.3 Å².